The van der Waals surface area contributed by atoms with Crippen LogP contribution in [0.25, 0.3) is 0 Å². The number of aliphatic hydroxyl groups is 1. The predicted octanol–water partition coefficient (Wildman–Crippen LogP) is 2.78. The Morgan fingerprint density at radius 1 is 1.39 bits per heavy atom. The van der Waals surface area contributed by atoms with Gasteiger partial charge in [-0.1, -0.05) is 6.92 Å². The lowest BCUT2D eigenvalue weighted by Gasteiger charge is -2.17. The topological polar surface area (TPSA) is 32.3 Å². The molecule has 18 heavy (non-hydrogen) atoms. The van der Waals surface area contributed by atoms with Crippen LogP contribution in [0.5, 0.6) is 0 Å². The number of hydrogen-bond acceptors (Lipinski definition) is 2. The van der Waals surface area contributed by atoms with Crippen LogP contribution < -0.4 is 5.32 Å². The maximum absolute atomic E-state index is 13.4. The van der Waals surface area contributed by atoms with Crippen LogP contribution in [0.3, 0.4) is 0 Å². The molecule has 0 saturated heterocycles. The summed E-state index contributed by atoms with van der Waals surface area (Å²) in [5.74, 6) is -1.10. The molecule has 1 aliphatic carbocycles. The zero-order valence-corrected chi connectivity index (χ0v) is 10.5. The van der Waals surface area contributed by atoms with Crippen molar-refractivity contribution in [3.63, 3.8) is 0 Å². The van der Waals surface area contributed by atoms with Gasteiger partial charge in [-0.2, -0.15) is 0 Å². The van der Waals surface area contributed by atoms with E-state index in [1.807, 2.05) is 0 Å². The highest BCUT2D eigenvalue weighted by atomic mass is 19.1. The third kappa shape index (κ3) is 3.06. The Kier molecular flexibility index (Phi) is 3.97. The molecule has 0 bridgehead atoms. The lowest BCUT2D eigenvalue weighted by Crippen LogP contribution is -2.28. The number of aliphatic hydroxyl groups excluding tert-OH is 1. The molecule has 1 aliphatic rings. The summed E-state index contributed by atoms with van der Waals surface area (Å²) in [4.78, 5) is 0. The summed E-state index contributed by atoms with van der Waals surface area (Å²) in [5.41, 5.74) is 0.393. The number of benzene rings is 1. The van der Waals surface area contributed by atoms with Crippen LogP contribution >= 0.6 is 0 Å². The number of rotatable bonds is 6. The fourth-order valence-electron chi connectivity index (χ4n) is 2.19. The zero-order chi connectivity index (χ0) is 13.2. The van der Waals surface area contributed by atoms with Crippen molar-refractivity contribution in [1.82, 2.24) is 5.32 Å². The SMILES string of the molecule is CCC1(CNCC(O)c2cc(F)ccc2F)CC1. The average molecular weight is 255 g/mol. The van der Waals surface area contributed by atoms with Gasteiger partial charge in [0.1, 0.15) is 11.6 Å². The molecule has 2 nitrogen and oxygen atoms in total. The lowest BCUT2D eigenvalue weighted by atomic mass is 10.0. The smallest absolute Gasteiger partial charge is 0.129 e. The van der Waals surface area contributed by atoms with E-state index in [1.54, 1.807) is 0 Å². The summed E-state index contributed by atoms with van der Waals surface area (Å²) < 4.78 is 26.4. The van der Waals surface area contributed by atoms with Crippen molar-refractivity contribution >= 4 is 0 Å². The van der Waals surface area contributed by atoms with E-state index in [9.17, 15) is 13.9 Å². The van der Waals surface area contributed by atoms with E-state index in [2.05, 4.69) is 12.2 Å². The number of hydrogen-bond donors (Lipinski definition) is 2. The van der Waals surface area contributed by atoms with E-state index in [1.165, 1.54) is 12.8 Å². The minimum Gasteiger partial charge on any atom is -0.387 e. The molecule has 1 saturated carbocycles. The Balaban J connectivity index is 1.87. The van der Waals surface area contributed by atoms with E-state index >= 15 is 0 Å². The van der Waals surface area contributed by atoms with Gasteiger partial charge in [-0.3, -0.25) is 0 Å². The maximum atomic E-state index is 13.4. The van der Waals surface area contributed by atoms with Crippen molar-refractivity contribution < 1.29 is 13.9 Å². The van der Waals surface area contributed by atoms with E-state index < -0.39 is 17.7 Å². The van der Waals surface area contributed by atoms with Gasteiger partial charge in [0.25, 0.3) is 0 Å². The minimum absolute atomic E-state index is 0.0174. The van der Waals surface area contributed by atoms with Crippen molar-refractivity contribution in [2.75, 3.05) is 13.1 Å². The van der Waals surface area contributed by atoms with Crippen molar-refractivity contribution in [2.45, 2.75) is 32.3 Å². The Labute approximate surface area is 106 Å². The standard InChI is InChI=1S/C14H19F2NO/c1-2-14(5-6-14)9-17-8-13(18)11-7-10(15)3-4-12(11)16/h3-4,7,13,17-18H,2,5-6,8-9H2,1H3. The molecule has 2 N–H and O–H groups in total. The Morgan fingerprint density at radius 3 is 2.72 bits per heavy atom. The first-order chi connectivity index (χ1) is 8.56. The third-order valence-corrected chi connectivity index (χ3v) is 3.86. The van der Waals surface area contributed by atoms with Crippen LogP contribution in [-0.4, -0.2) is 18.2 Å². The molecule has 0 heterocycles. The van der Waals surface area contributed by atoms with Gasteiger partial charge in [-0.05, 0) is 42.9 Å². The summed E-state index contributed by atoms with van der Waals surface area (Å²) in [6, 6.07) is 3.14. The van der Waals surface area contributed by atoms with Crippen LogP contribution in [0.4, 0.5) is 8.78 Å². The predicted molar refractivity (Wildman–Crippen MR) is 66.1 cm³/mol. The molecular weight excluding hydrogens is 236 g/mol. The fourth-order valence-corrected chi connectivity index (χ4v) is 2.19. The lowest BCUT2D eigenvalue weighted by molar-refractivity contribution is 0.166. The molecule has 1 fully saturated rings. The van der Waals surface area contributed by atoms with Crippen molar-refractivity contribution in [1.29, 1.82) is 0 Å². The highest BCUT2D eigenvalue weighted by Crippen LogP contribution is 2.47. The molecular formula is C14H19F2NO. The normalized spacial score (nSPS) is 18.7. The third-order valence-electron chi connectivity index (χ3n) is 3.86. The molecule has 1 aromatic rings. The summed E-state index contributed by atoms with van der Waals surface area (Å²) in [6.45, 7) is 3.23. The zero-order valence-electron chi connectivity index (χ0n) is 10.5. The first-order valence-electron chi connectivity index (χ1n) is 6.40. The Hall–Kier alpha value is -1.00. The molecule has 2 rings (SSSR count). The monoisotopic (exact) mass is 255 g/mol. The first-order valence-corrected chi connectivity index (χ1v) is 6.40. The van der Waals surface area contributed by atoms with Crippen LogP contribution in [0, 0.1) is 17.0 Å². The second-order valence-electron chi connectivity index (χ2n) is 5.17. The van der Waals surface area contributed by atoms with Gasteiger partial charge in [0.05, 0.1) is 6.10 Å². The quantitative estimate of drug-likeness (QED) is 0.819. The second kappa shape index (κ2) is 5.33. The second-order valence-corrected chi connectivity index (χ2v) is 5.17. The van der Waals surface area contributed by atoms with Crippen LogP contribution in [0.1, 0.15) is 37.9 Å². The molecule has 0 aliphatic heterocycles. The summed E-state index contributed by atoms with van der Waals surface area (Å²) >= 11 is 0. The van der Waals surface area contributed by atoms with Gasteiger partial charge in [-0.25, -0.2) is 8.78 Å². The minimum atomic E-state index is -1.01. The van der Waals surface area contributed by atoms with Crippen LogP contribution in [-0.2, 0) is 0 Å². The van der Waals surface area contributed by atoms with Gasteiger partial charge >= 0.3 is 0 Å². The fraction of sp³-hybridized carbons (Fsp3) is 0.571. The molecule has 100 valence electrons. The largest absolute Gasteiger partial charge is 0.387 e. The van der Waals surface area contributed by atoms with E-state index in [0.717, 1.165) is 31.2 Å². The maximum Gasteiger partial charge on any atom is 0.129 e. The molecule has 0 aromatic heterocycles. The molecule has 0 amide bonds. The molecule has 1 unspecified atom stereocenters. The molecule has 0 spiro atoms. The molecule has 4 heteroatoms. The Bertz CT molecular complexity index is 418. The van der Waals surface area contributed by atoms with Crippen molar-refractivity contribution in [3.05, 3.63) is 35.4 Å². The highest BCUT2D eigenvalue weighted by molar-refractivity contribution is 5.21. The van der Waals surface area contributed by atoms with E-state index in [-0.39, 0.29) is 12.1 Å². The van der Waals surface area contributed by atoms with Gasteiger partial charge < -0.3 is 10.4 Å². The van der Waals surface area contributed by atoms with Crippen molar-refractivity contribution in [3.8, 4) is 0 Å². The summed E-state index contributed by atoms with van der Waals surface area (Å²) in [6.07, 6.45) is 2.53. The highest BCUT2D eigenvalue weighted by Gasteiger charge is 2.39. The van der Waals surface area contributed by atoms with Gasteiger partial charge in [-0.15, -0.1) is 0 Å². The molecule has 0 radical (unpaired) electrons. The van der Waals surface area contributed by atoms with Crippen molar-refractivity contribution in [2.24, 2.45) is 5.41 Å². The molecule has 1 atom stereocenters. The average Bonchev–Trinajstić information content (AvgIpc) is 3.13. The van der Waals surface area contributed by atoms with Gasteiger partial charge in [0.2, 0.25) is 0 Å². The summed E-state index contributed by atoms with van der Waals surface area (Å²) in [7, 11) is 0. The Morgan fingerprint density at radius 2 is 2.11 bits per heavy atom. The first kappa shape index (κ1) is 13.4. The van der Waals surface area contributed by atoms with Gasteiger partial charge in [0.15, 0.2) is 0 Å². The summed E-state index contributed by atoms with van der Waals surface area (Å²) in [5, 5.41) is 13.0. The van der Waals surface area contributed by atoms with E-state index in [4.69, 9.17) is 0 Å². The van der Waals surface area contributed by atoms with Crippen LogP contribution in [0.2, 0.25) is 0 Å². The number of nitrogens with one attached hydrogen (secondary N) is 1. The number of halogens is 2. The van der Waals surface area contributed by atoms with Gasteiger partial charge in [0, 0.05) is 18.7 Å². The van der Waals surface area contributed by atoms with E-state index in [0.29, 0.717) is 5.41 Å². The molecule has 1 aromatic carbocycles. The van der Waals surface area contributed by atoms with Crippen LogP contribution in [0.15, 0.2) is 18.2 Å².